The quantitative estimate of drug-likeness (QED) is 0.943. The Balaban J connectivity index is 1.96. The van der Waals surface area contributed by atoms with E-state index in [0.29, 0.717) is 16.8 Å². The van der Waals surface area contributed by atoms with E-state index in [1.807, 2.05) is 0 Å². The van der Waals surface area contributed by atoms with E-state index >= 15 is 0 Å². The van der Waals surface area contributed by atoms with E-state index in [2.05, 4.69) is 26.2 Å². The number of nitrogens with one attached hydrogen (secondary N) is 1. The largest absolute Gasteiger partial charge is 0.457 e. The van der Waals surface area contributed by atoms with Crippen molar-refractivity contribution in [3.63, 3.8) is 0 Å². The molecule has 0 fully saturated rings. The van der Waals surface area contributed by atoms with Gasteiger partial charge in [-0.25, -0.2) is 0 Å². The molecule has 0 aliphatic rings. The molecular weight excluding hydrogens is 280 g/mol. The van der Waals surface area contributed by atoms with Crippen LogP contribution < -0.4 is 5.32 Å². The Morgan fingerprint density at radius 2 is 2.53 bits per heavy atom. The summed E-state index contributed by atoms with van der Waals surface area (Å²) in [5, 5.41) is 2.77. The van der Waals surface area contributed by atoms with Gasteiger partial charge in [0.25, 0.3) is 5.91 Å². The normalized spacial score (nSPS) is 10.2. The minimum Gasteiger partial charge on any atom is -0.457 e. The highest BCUT2D eigenvalue weighted by Crippen LogP contribution is 2.17. The van der Waals surface area contributed by atoms with E-state index in [4.69, 9.17) is 4.42 Å². The van der Waals surface area contributed by atoms with Gasteiger partial charge in [0.2, 0.25) is 0 Å². The molecule has 0 bridgehead atoms. The Bertz CT molecular complexity index is 452. The minimum absolute atomic E-state index is 0.163. The molecule has 0 aromatic carbocycles. The fraction of sp³-hybridized carbons (Fsp3) is 0.111. The summed E-state index contributed by atoms with van der Waals surface area (Å²) in [6.45, 7) is 0.487. The molecule has 2 heterocycles. The maximum Gasteiger partial charge on any atom is 0.256 e. The fourth-order valence-electron chi connectivity index (χ4n) is 1.05. The highest BCUT2D eigenvalue weighted by Gasteiger charge is 2.11. The number of hydrogen-bond donors (Lipinski definition) is 1. The second-order valence-electron chi connectivity index (χ2n) is 2.76. The van der Waals surface area contributed by atoms with Crippen LogP contribution in [0.2, 0.25) is 0 Å². The summed E-state index contributed by atoms with van der Waals surface area (Å²) >= 11 is 4.65. The smallest absolute Gasteiger partial charge is 0.256 e. The van der Waals surface area contributed by atoms with Gasteiger partial charge in [0.1, 0.15) is 0 Å². The number of nitrogens with zero attached hydrogens (tertiary/aromatic N) is 1. The lowest BCUT2D eigenvalue weighted by atomic mass is 10.3. The van der Waals surface area contributed by atoms with Crippen LogP contribution in [0, 0.1) is 0 Å². The summed E-state index contributed by atoms with van der Waals surface area (Å²) in [4.78, 5) is 16.5. The first kappa shape index (κ1) is 10.4. The van der Waals surface area contributed by atoms with Gasteiger partial charge >= 0.3 is 0 Å². The number of carbonyl (C=O) groups excluding carboxylic acids is 1. The van der Waals surface area contributed by atoms with Crippen LogP contribution in [-0.4, -0.2) is 10.9 Å². The van der Waals surface area contributed by atoms with Gasteiger partial charge in [-0.3, -0.25) is 9.78 Å². The van der Waals surface area contributed by atoms with Crippen LogP contribution in [0.3, 0.4) is 0 Å². The third-order valence-electron chi connectivity index (χ3n) is 1.77. The van der Waals surface area contributed by atoms with E-state index < -0.39 is 0 Å². The molecule has 0 spiro atoms. The molecule has 1 amide bonds. The maximum atomic E-state index is 11.6. The van der Waals surface area contributed by atoms with Crippen molar-refractivity contribution >= 4 is 33.2 Å². The zero-order valence-corrected chi connectivity index (χ0v) is 9.97. The first-order chi connectivity index (χ1) is 7.27. The van der Waals surface area contributed by atoms with Crippen molar-refractivity contribution in [3.05, 3.63) is 39.1 Å². The summed E-state index contributed by atoms with van der Waals surface area (Å²) < 4.78 is 5.42. The molecule has 6 heteroatoms. The lowest BCUT2D eigenvalue weighted by Gasteiger charge is -2.00. The van der Waals surface area contributed by atoms with Gasteiger partial charge in [0.15, 0.2) is 4.67 Å². The SMILES string of the molecule is O=C(NCc1cncs1)c1ccoc1Br. The van der Waals surface area contributed by atoms with Gasteiger partial charge in [0.05, 0.1) is 23.9 Å². The molecule has 0 atom stereocenters. The predicted molar refractivity (Wildman–Crippen MR) is 59.7 cm³/mol. The van der Waals surface area contributed by atoms with Crippen molar-refractivity contribution in [2.75, 3.05) is 0 Å². The average molecular weight is 287 g/mol. The number of amides is 1. The number of aromatic nitrogens is 1. The molecular formula is C9H7BrN2O2S. The number of carbonyl (C=O) groups is 1. The van der Waals surface area contributed by atoms with Crippen molar-refractivity contribution in [1.29, 1.82) is 0 Å². The van der Waals surface area contributed by atoms with Crippen LogP contribution in [-0.2, 0) is 6.54 Å². The third kappa shape index (κ3) is 2.45. The predicted octanol–water partition coefficient (Wildman–Crippen LogP) is 2.43. The third-order valence-corrected chi connectivity index (χ3v) is 3.16. The Morgan fingerprint density at radius 3 is 3.13 bits per heavy atom. The van der Waals surface area contributed by atoms with Crippen LogP contribution >= 0.6 is 27.3 Å². The summed E-state index contributed by atoms with van der Waals surface area (Å²) in [6.07, 6.45) is 3.20. The molecule has 0 saturated heterocycles. The van der Waals surface area contributed by atoms with Crippen molar-refractivity contribution in [2.45, 2.75) is 6.54 Å². The molecule has 1 N–H and O–H groups in total. The van der Waals surface area contributed by atoms with Crippen molar-refractivity contribution in [3.8, 4) is 0 Å². The van der Waals surface area contributed by atoms with Gasteiger partial charge in [0, 0.05) is 11.1 Å². The number of rotatable bonds is 3. The highest BCUT2D eigenvalue weighted by molar-refractivity contribution is 9.10. The first-order valence-electron chi connectivity index (χ1n) is 4.16. The van der Waals surface area contributed by atoms with Crippen LogP contribution in [0.25, 0.3) is 0 Å². The van der Waals surface area contributed by atoms with E-state index in [-0.39, 0.29) is 5.91 Å². The Kier molecular flexibility index (Phi) is 3.17. The molecule has 0 aliphatic heterocycles. The zero-order valence-electron chi connectivity index (χ0n) is 7.57. The molecule has 78 valence electrons. The van der Waals surface area contributed by atoms with E-state index in [1.165, 1.54) is 17.6 Å². The van der Waals surface area contributed by atoms with Crippen molar-refractivity contribution in [2.24, 2.45) is 0 Å². The Hall–Kier alpha value is -1.14. The average Bonchev–Trinajstić information content (AvgIpc) is 2.84. The van der Waals surface area contributed by atoms with Crippen molar-refractivity contribution in [1.82, 2.24) is 10.3 Å². The van der Waals surface area contributed by atoms with Gasteiger partial charge < -0.3 is 9.73 Å². The summed E-state index contributed by atoms with van der Waals surface area (Å²) in [5.41, 5.74) is 2.23. The van der Waals surface area contributed by atoms with E-state index in [0.717, 1.165) is 4.88 Å². The summed E-state index contributed by atoms with van der Waals surface area (Å²) in [6, 6.07) is 1.62. The summed E-state index contributed by atoms with van der Waals surface area (Å²) in [5.74, 6) is -0.163. The Labute approximate surface area is 98.5 Å². The second kappa shape index (κ2) is 4.59. The number of thiazole rings is 1. The molecule has 4 nitrogen and oxygen atoms in total. The molecule has 0 radical (unpaired) electrons. The van der Waals surface area contributed by atoms with Crippen molar-refractivity contribution < 1.29 is 9.21 Å². The minimum atomic E-state index is -0.163. The van der Waals surface area contributed by atoms with Gasteiger partial charge in [-0.2, -0.15) is 0 Å². The highest BCUT2D eigenvalue weighted by atomic mass is 79.9. The zero-order chi connectivity index (χ0) is 10.7. The maximum absolute atomic E-state index is 11.6. The lowest BCUT2D eigenvalue weighted by molar-refractivity contribution is 0.0949. The molecule has 0 saturated carbocycles. The number of hydrogen-bond acceptors (Lipinski definition) is 4. The van der Waals surface area contributed by atoms with Crippen LogP contribution in [0.4, 0.5) is 0 Å². The lowest BCUT2D eigenvalue weighted by Crippen LogP contribution is -2.22. The monoisotopic (exact) mass is 286 g/mol. The fourth-order valence-corrected chi connectivity index (χ4v) is 2.00. The van der Waals surface area contributed by atoms with Gasteiger partial charge in [-0.15, -0.1) is 11.3 Å². The number of furan rings is 1. The second-order valence-corrected chi connectivity index (χ2v) is 4.45. The molecule has 0 aliphatic carbocycles. The first-order valence-corrected chi connectivity index (χ1v) is 5.83. The van der Waals surface area contributed by atoms with E-state index in [9.17, 15) is 4.79 Å². The molecule has 15 heavy (non-hydrogen) atoms. The standard InChI is InChI=1S/C9H7BrN2O2S/c10-8-7(1-2-14-8)9(13)12-4-6-3-11-5-15-6/h1-3,5H,4H2,(H,12,13). The molecule has 2 rings (SSSR count). The molecule has 2 aromatic rings. The van der Waals surface area contributed by atoms with Crippen LogP contribution in [0.5, 0.6) is 0 Å². The van der Waals surface area contributed by atoms with Crippen LogP contribution in [0.1, 0.15) is 15.2 Å². The molecule has 2 aromatic heterocycles. The number of halogens is 1. The van der Waals surface area contributed by atoms with Crippen LogP contribution in [0.15, 0.2) is 33.1 Å². The Morgan fingerprint density at radius 1 is 1.67 bits per heavy atom. The van der Waals surface area contributed by atoms with E-state index in [1.54, 1.807) is 17.8 Å². The van der Waals surface area contributed by atoms with Gasteiger partial charge in [-0.05, 0) is 22.0 Å². The summed E-state index contributed by atoms with van der Waals surface area (Å²) in [7, 11) is 0. The topological polar surface area (TPSA) is 55.1 Å². The van der Waals surface area contributed by atoms with Gasteiger partial charge in [-0.1, -0.05) is 0 Å². The molecule has 0 unspecified atom stereocenters.